The van der Waals surface area contributed by atoms with E-state index < -0.39 is 10.0 Å². The van der Waals surface area contributed by atoms with Crippen LogP contribution >= 0.6 is 11.7 Å². The number of carbonyl (C=O) groups is 1. The number of nitrogens with one attached hydrogen (secondary N) is 1. The van der Waals surface area contributed by atoms with Gasteiger partial charge in [-0.25, -0.2) is 13.2 Å². The van der Waals surface area contributed by atoms with Gasteiger partial charge >= 0.3 is 6.03 Å². The molecule has 1 aliphatic heterocycles. The first-order valence-electron chi connectivity index (χ1n) is 7.66. The van der Waals surface area contributed by atoms with E-state index in [1.165, 1.54) is 4.31 Å². The fourth-order valence-electron chi connectivity index (χ4n) is 2.60. The van der Waals surface area contributed by atoms with Crippen LogP contribution < -0.4 is 5.32 Å². The molecular weight excluding hydrogens is 350 g/mol. The van der Waals surface area contributed by atoms with Gasteiger partial charge in [0.05, 0.1) is 11.7 Å². The molecular formula is C14H19N5O3S2. The summed E-state index contributed by atoms with van der Waals surface area (Å²) in [6.07, 6.45) is 0. The maximum absolute atomic E-state index is 12.9. The summed E-state index contributed by atoms with van der Waals surface area (Å²) in [4.78, 5) is 13.8. The molecule has 8 nitrogen and oxygen atoms in total. The summed E-state index contributed by atoms with van der Waals surface area (Å²) in [6, 6.07) is 4.85. The van der Waals surface area contributed by atoms with Crippen LogP contribution in [0.15, 0.2) is 23.1 Å². The highest BCUT2D eigenvalue weighted by Gasteiger charge is 2.32. The van der Waals surface area contributed by atoms with Crippen molar-refractivity contribution in [2.45, 2.75) is 24.8 Å². The van der Waals surface area contributed by atoms with Gasteiger partial charge in [0.15, 0.2) is 0 Å². The highest BCUT2D eigenvalue weighted by atomic mass is 32.2. The van der Waals surface area contributed by atoms with Crippen LogP contribution in [0.4, 0.5) is 4.79 Å². The minimum atomic E-state index is -3.65. The van der Waals surface area contributed by atoms with E-state index in [1.807, 2.05) is 13.8 Å². The lowest BCUT2D eigenvalue weighted by molar-refractivity contribution is 0.170. The molecule has 130 valence electrons. The highest BCUT2D eigenvalue weighted by Crippen LogP contribution is 2.25. The van der Waals surface area contributed by atoms with E-state index in [-0.39, 0.29) is 30.1 Å². The summed E-state index contributed by atoms with van der Waals surface area (Å²) in [5.74, 6) is 0. The topological polar surface area (TPSA) is 95.5 Å². The van der Waals surface area contributed by atoms with Gasteiger partial charge < -0.3 is 10.2 Å². The number of sulfonamides is 1. The lowest BCUT2D eigenvalue weighted by atomic mass is 10.3. The number of nitrogens with zero attached hydrogens (tertiary/aromatic N) is 4. The molecule has 10 heteroatoms. The Morgan fingerprint density at radius 2 is 1.92 bits per heavy atom. The van der Waals surface area contributed by atoms with E-state index >= 15 is 0 Å². The summed E-state index contributed by atoms with van der Waals surface area (Å²) in [5, 5.41) is 2.82. The second kappa shape index (κ2) is 6.61. The van der Waals surface area contributed by atoms with E-state index in [0.717, 1.165) is 11.7 Å². The fraction of sp³-hybridized carbons (Fsp3) is 0.500. The molecule has 2 aromatic rings. The van der Waals surface area contributed by atoms with Crippen molar-refractivity contribution >= 4 is 38.8 Å². The molecule has 0 unspecified atom stereocenters. The van der Waals surface area contributed by atoms with Crippen molar-refractivity contribution in [2.75, 3.05) is 26.2 Å². The zero-order chi connectivity index (χ0) is 17.3. The number of piperazine rings is 1. The Morgan fingerprint density at radius 1 is 1.21 bits per heavy atom. The van der Waals surface area contributed by atoms with E-state index in [1.54, 1.807) is 23.1 Å². The second-order valence-corrected chi connectivity index (χ2v) is 8.32. The van der Waals surface area contributed by atoms with Crippen molar-refractivity contribution in [3.05, 3.63) is 18.2 Å². The average Bonchev–Trinajstić information content (AvgIpc) is 3.02. The predicted octanol–water partition coefficient (Wildman–Crippen LogP) is 1.12. The fourth-order valence-corrected chi connectivity index (χ4v) is 4.77. The number of hydrogen-bond acceptors (Lipinski definition) is 6. The number of aromatic nitrogens is 2. The van der Waals surface area contributed by atoms with Crippen LogP contribution in [0.25, 0.3) is 11.0 Å². The van der Waals surface area contributed by atoms with Gasteiger partial charge in [0, 0.05) is 32.2 Å². The molecule has 1 saturated heterocycles. The molecule has 2 amide bonds. The molecule has 0 saturated carbocycles. The number of benzene rings is 1. The van der Waals surface area contributed by atoms with Crippen LogP contribution in [0, 0.1) is 0 Å². The summed E-state index contributed by atoms with van der Waals surface area (Å²) in [5.41, 5.74) is 0.985. The number of rotatable bonds is 3. The number of carbonyl (C=O) groups excluding carboxylic acids is 1. The van der Waals surface area contributed by atoms with E-state index in [9.17, 15) is 13.2 Å². The van der Waals surface area contributed by atoms with Crippen molar-refractivity contribution in [2.24, 2.45) is 0 Å². The minimum Gasteiger partial charge on any atom is -0.336 e. The van der Waals surface area contributed by atoms with Crippen molar-refractivity contribution in [3.63, 3.8) is 0 Å². The maximum Gasteiger partial charge on any atom is 0.317 e. The summed E-state index contributed by atoms with van der Waals surface area (Å²) in [7, 11) is -3.65. The molecule has 3 rings (SSSR count). The number of fused-ring (bicyclic) bond motifs is 1. The summed E-state index contributed by atoms with van der Waals surface area (Å²) >= 11 is 0.996. The summed E-state index contributed by atoms with van der Waals surface area (Å²) in [6.45, 7) is 5.04. The molecule has 0 radical (unpaired) electrons. The first kappa shape index (κ1) is 17.1. The van der Waals surface area contributed by atoms with Gasteiger partial charge in [-0.2, -0.15) is 13.1 Å². The quantitative estimate of drug-likeness (QED) is 0.875. The molecule has 2 heterocycles. The summed E-state index contributed by atoms with van der Waals surface area (Å²) < 4.78 is 35.4. The number of hydrogen-bond donors (Lipinski definition) is 1. The third-order valence-corrected chi connectivity index (χ3v) is 6.28. The van der Waals surface area contributed by atoms with E-state index in [2.05, 4.69) is 14.1 Å². The smallest absolute Gasteiger partial charge is 0.317 e. The largest absolute Gasteiger partial charge is 0.336 e. The van der Waals surface area contributed by atoms with Crippen molar-refractivity contribution in [1.82, 2.24) is 23.3 Å². The molecule has 1 aromatic heterocycles. The van der Waals surface area contributed by atoms with Gasteiger partial charge in [-0.05, 0) is 26.0 Å². The van der Waals surface area contributed by atoms with Crippen LogP contribution in [0.1, 0.15) is 13.8 Å². The Bertz CT molecular complexity index is 841. The van der Waals surface area contributed by atoms with Crippen LogP contribution in [0.5, 0.6) is 0 Å². The van der Waals surface area contributed by atoms with Crippen molar-refractivity contribution in [1.29, 1.82) is 0 Å². The van der Waals surface area contributed by atoms with Gasteiger partial charge in [-0.3, -0.25) is 0 Å². The van der Waals surface area contributed by atoms with Gasteiger partial charge in [0.25, 0.3) is 0 Å². The number of urea groups is 1. The third-order valence-electron chi connectivity index (χ3n) is 3.80. The molecule has 24 heavy (non-hydrogen) atoms. The van der Waals surface area contributed by atoms with Gasteiger partial charge in [0.2, 0.25) is 10.0 Å². The SMILES string of the molecule is CC(C)NC(=O)N1CCN(S(=O)(=O)c2cccc3nsnc23)CC1. The Balaban J connectivity index is 1.76. The van der Waals surface area contributed by atoms with Crippen molar-refractivity contribution in [3.8, 4) is 0 Å². The standard InChI is InChI=1S/C14H19N5O3S2/c1-10(2)15-14(20)18-6-8-19(9-7-18)24(21,22)12-5-3-4-11-13(12)17-23-16-11/h3-5,10H,6-9H2,1-2H3,(H,15,20). The third kappa shape index (κ3) is 3.21. The molecule has 1 N–H and O–H groups in total. The maximum atomic E-state index is 12.9. The first-order valence-corrected chi connectivity index (χ1v) is 9.83. The van der Waals surface area contributed by atoms with Crippen LogP contribution in [0.2, 0.25) is 0 Å². The van der Waals surface area contributed by atoms with Crippen LogP contribution in [0.3, 0.4) is 0 Å². The van der Waals surface area contributed by atoms with Gasteiger partial charge in [-0.1, -0.05) is 6.07 Å². The Morgan fingerprint density at radius 3 is 2.58 bits per heavy atom. The molecule has 0 bridgehead atoms. The average molecular weight is 369 g/mol. The molecule has 1 aliphatic rings. The molecule has 0 atom stereocenters. The molecule has 1 fully saturated rings. The molecule has 0 aliphatic carbocycles. The van der Waals surface area contributed by atoms with Crippen LogP contribution in [-0.4, -0.2) is 64.6 Å². The van der Waals surface area contributed by atoms with Crippen molar-refractivity contribution < 1.29 is 13.2 Å². The number of amides is 2. The zero-order valence-corrected chi connectivity index (χ0v) is 15.1. The Hall–Kier alpha value is -1.78. The Labute approximate surface area is 144 Å². The second-order valence-electron chi connectivity index (χ2n) is 5.88. The zero-order valence-electron chi connectivity index (χ0n) is 13.5. The Kier molecular flexibility index (Phi) is 4.70. The van der Waals surface area contributed by atoms with E-state index in [0.29, 0.717) is 24.1 Å². The first-order chi connectivity index (χ1) is 11.4. The predicted molar refractivity (Wildman–Crippen MR) is 91.4 cm³/mol. The van der Waals surface area contributed by atoms with E-state index in [4.69, 9.17) is 0 Å². The highest BCUT2D eigenvalue weighted by molar-refractivity contribution is 7.89. The molecule has 1 aromatic carbocycles. The lowest BCUT2D eigenvalue weighted by Gasteiger charge is -2.34. The monoisotopic (exact) mass is 369 g/mol. The molecule has 0 spiro atoms. The van der Waals surface area contributed by atoms with Gasteiger partial charge in [0.1, 0.15) is 15.9 Å². The van der Waals surface area contributed by atoms with Gasteiger partial charge in [-0.15, -0.1) is 0 Å². The van der Waals surface area contributed by atoms with Crippen LogP contribution in [-0.2, 0) is 10.0 Å². The lowest BCUT2D eigenvalue weighted by Crippen LogP contribution is -2.53. The minimum absolute atomic E-state index is 0.0500. The normalized spacial score (nSPS) is 16.7.